The number of carbonyl (C=O) groups is 5. The summed E-state index contributed by atoms with van der Waals surface area (Å²) in [5.74, 6) is -0.890. The molecule has 2 saturated heterocycles. The first-order chi connectivity index (χ1) is 38.8. The summed E-state index contributed by atoms with van der Waals surface area (Å²) in [6.07, 6.45) is 5.96. The second kappa shape index (κ2) is 37.2. The summed E-state index contributed by atoms with van der Waals surface area (Å²) in [7, 11) is -8.43. The normalized spacial score (nSPS) is 19.8. The van der Waals surface area contributed by atoms with Crippen LogP contribution in [0.25, 0.3) is 11.2 Å². The number of anilines is 1. The van der Waals surface area contributed by atoms with Gasteiger partial charge in [-0.15, -0.1) is 0 Å². The van der Waals surface area contributed by atoms with Crippen LogP contribution in [0.3, 0.4) is 0 Å². The number of nitrogens with two attached hydrogens (primary N) is 4. The van der Waals surface area contributed by atoms with Crippen LogP contribution in [-0.4, -0.2) is 198 Å². The number of aliphatic hydroxyl groups excluding tert-OH is 1. The third kappa shape index (κ3) is 26.1. The third-order valence-corrected chi connectivity index (χ3v) is 15.2. The minimum Gasteiger partial charge on any atom is -0.391 e. The number of rotatable bonds is 45. The van der Waals surface area contributed by atoms with E-state index in [1.807, 2.05) is 0 Å². The molecule has 2 fully saturated rings. The molecule has 4 amide bonds. The van der Waals surface area contributed by atoms with Gasteiger partial charge in [-0.3, -0.25) is 46.6 Å². The van der Waals surface area contributed by atoms with Gasteiger partial charge in [-0.2, -0.15) is 0 Å². The van der Waals surface area contributed by atoms with Crippen LogP contribution in [0.4, 0.5) is 5.82 Å². The number of fused-ring (bicyclic) bond motifs is 1. The standard InChI is InChI=1S/C49H88N12O18P2/c1-72-80(68,69)77-30-40-39(27-45(78-40)61-35-58-46-47(53)56-34-57-48(46)61)79-81(70,71)76-29-36-26-38(63)28-60(36)44(67)14-7-5-3-2-4-6-13-43(66)59-49(31-73-23-15-37(62)12-8-9-18-50,32-74-24-16-41(64)54-21-10-19-51)33-75-25-17-42(65)55-22-11-20-52/h34-36,38-40,45,63H,2-33,50-52H2,1H3,(H,54,64)(H,55,65)(H,59,66)(H,68,69)(H,70,71)(H2,53,56,57)/t36-,38+,39-,40+,45+/m0/s1. The molecule has 4 rings (SSSR count). The number of aromatic nitrogens is 4. The number of nitrogen functional groups attached to an aromatic ring is 1. The second-order valence-electron chi connectivity index (χ2n) is 20.0. The molecular formula is C49H88N12O18P2. The summed E-state index contributed by atoms with van der Waals surface area (Å²) >= 11 is 0. The average molecular weight is 1200 g/mol. The van der Waals surface area contributed by atoms with Crippen LogP contribution < -0.4 is 38.9 Å². The highest BCUT2D eigenvalue weighted by molar-refractivity contribution is 7.47. The van der Waals surface area contributed by atoms with E-state index in [2.05, 4.69) is 35.4 Å². The Labute approximate surface area is 472 Å². The highest BCUT2D eigenvalue weighted by Gasteiger charge is 2.44. The van der Waals surface area contributed by atoms with Crippen molar-refractivity contribution in [3.63, 3.8) is 0 Å². The van der Waals surface area contributed by atoms with E-state index in [-0.39, 0.29) is 132 Å². The van der Waals surface area contributed by atoms with Crippen LogP contribution in [0.1, 0.15) is 122 Å². The molecule has 0 aromatic carbocycles. The number of nitrogens with zero attached hydrogens (tertiary/aromatic N) is 5. The lowest BCUT2D eigenvalue weighted by Gasteiger charge is -2.34. The lowest BCUT2D eigenvalue weighted by Crippen LogP contribution is -2.58. The number of carbonyl (C=O) groups excluding carboxylic acids is 5. The molecule has 4 heterocycles. The quantitative estimate of drug-likeness (QED) is 0.0323. The molecule has 81 heavy (non-hydrogen) atoms. The van der Waals surface area contributed by atoms with Crippen molar-refractivity contribution in [2.24, 2.45) is 17.2 Å². The van der Waals surface area contributed by atoms with E-state index in [1.165, 1.54) is 22.1 Å². The van der Waals surface area contributed by atoms with Crippen molar-refractivity contribution in [1.82, 2.24) is 40.4 Å². The number of imidazole rings is 1. The molecule has 2 unspecified atom stereocenters. The Kier molecular flexibility index (Phi) is 31.8. The zero-order valence-corrected chi connectivity index (χ0v) is 48.4. The molecule has 30 nitrogen and oxygen atoms in total. The highest BCUT2D eigenvalue weighted by atomic mass is 31.2. The number of nitrogens with one attached hydrogen (secondary N) is 3. The number of aliphatic hydroxyl groups is 1. The second-order valence-corrected chi connectivity index (χ2v) is 23.0. The summed E-state index contributed by atoms with van der Waals surface area (Å²) in [6, 6.07) is -0.751. The van der Waals surface area contributed by atoms with Crippen molar-refractivity contribution >= 4 is 62.0 Å². The summed E-state index contributed by atoms with van der Waals surface area (Å²) in [4.78, 5) is 98.9. The monoisotopic (exact) mass is 1190 g/mol. The van der Waals surface area contributed by atoms with E-state index in [0.29, 0.717) is 89.7 Å². The number of β-amino-alcohol motifs (C(OH)–C–C–N with tert-alkyl or cyclic N) is 1. The zero-order chi connectivity index (χ0) is 59.1. The molecule has 0 aliphatic carbocycles. The largest absolute Gasteiger partial charge is 0.472 e. The fourth-order valence-electron chi connectivity index (χ4n) is 8.92. The number of ketones is 1. The minimum absolute atomic E-state index is 0.00274. The maximum Gasteiger partial charge on any atom is 0.472 e. The third-order valence-electron chi connectivity index (χ3n) is 13.3. The molecule has 2 aliphatic rings. The first-order valence-electron chi connectivity index (χ1n) is 27.8. The number of Topliss-reactive ketones (excluding diaryl/α,β-unsaturated/α-hetero) is 1. The van der Waals surface area contributed by atoms with Gasteiger partial charge < -0.3 is 77.6 Å². The summed E-state index contributed by atoms with van der Waals surface area (Å²) in [6.45, 7) is 1.07. The molecule has 0 saturated carbocycles. The maximum absolute atomic E-state index is 13.6. The first kappa shape index (κ1) is 69.3. The molecule has 2 aromatic rings. The molecule has 0 bridgehead atoms. The number of phosphoric acid groups is 2. The number of unbranched alkanes of at least 4 members (excludes halogenated alkanes) is 6. The Morgan fingerprint density at radius 2 is 1.30 bits per heavy atom. The molecule has 2 aliphatic heterocycles. The van der Waals surface area contributed by atoms with Gasteiger partial charge in [0.15, 0.2) is 11.5 Å². The lowest BCUT2D eigenvalue weighted by atomic mass is 10.0. The Hall–Kier alpha value is -4.20. The predicted octanol–water partition coefficient (Wildman–Crippen LogP) is 0.747. The van der Waals surface area contributed by atoms with E-state index in [9.17, 15) is 48.0 Å². The van der Waals surface area contributed by atoms with Crippen molar-refractivity contribution in [3.05, 3.63) is 12.7 Å². The van der Waals surface area contributed by atoms with Crippen molar-refractivity contribution in [1.29, 1.82) is 0 Å². The van der Waals surface area contributed by atoms with Crippen molar-refractivity contribution < 1.29 is 85.0 Å². The lowest BCUT2D eigenvalue weighted by molar-refractivity contribution is -0.133. The molecule has 0 radical (unpaired) electrons. The number of amides is 4. The minimum atomic E-state index is -4.91. The van der Waals surface area contributed by atoms with Gasteiger partial charge in [0.2, 0.25) is 23.6 Å². The predicted molar refractivity (Wildman–Crippen MR) is 293 cm³/mol. The van der Waals surface area contributed by atoms with Crippen molar-refractivity contribution in [2.45, 2.75) is 152 Å². The van der Waals surface area contributed by atoms with Crippen LogP contribution in [0, 0.1) is 0 Å². The van der Waals surface area contributed by atoms with Gasteiger partial charge in [0.1, 0.15) is 41.6 Å². The molecule has 462 valence electrons. The first-order valence-corrected chi connectivity index (χ1v) is 30.8. The highest BCUT2D eigenvalue weighted by Crippen LogP contribution is 2.50. The molecule has 0 spiro atoms. The van der Waals surface area contributed by atoms with Crippen LogP contribution in [0.2, 0.25) is 0 Å². The van der Waals surface area contributed by atoms with Crippen LogP contribution in [0.15, 0.2) is 12.7 Å². The number of hydrogen-bond acceptors (Lipinski definition) is 23. The fourth-order valence-corrected chi connectivity index (χ4v) is 10.3. The zero-order valence-electron chi connectivity index (χ0n) is 46.6. The van der Waals surface area contributed by atoms with E-state index in [0.717, 1.165) is 26.4 Å². The summed E-state index contributed by atoms with van der Waals surface area (Å²) < 4.78 is 71.5. The average Bonchev–Trinajstić information content (AvgIpc) is 4.23. The van der Waals surface area contributed by atoms with E-state index in [4.69, 9.17) is 55.5 Å². The number of phosphoric ester groups is 2. The Balaban J connectivity index is 1.25. The molecular weight excluding hydrogens is 1110 g/mol. The Morgan fingerprint density at radius 1 is 0.716 bits per heavy atom. The van der Waals surface area contributed by atoms with Gasteiger partial charge in [0, 0.05) is 71.7 Å². The number of hydrogen-bond donors (Lipinski definition) is 10. The van der Waals surface area contributed by atoms with Gasteiger partial charge in [-0.25, -0.2) is 24.1 Å². The van der Waals surface area contributed by atoms with Crippen LogP contribution >= 0.6 is 15.6 Å². The van der Waals surface area contributed by atoms with E-state index in [1.54, 1.807) is 0 Å². The SMILES string of the molecule is COP(=O)(O)OC[C@H]1O[C@@H](n2cnc3c(N)ncnc32)C[C@@H]1OP(=O)(O)OC[C@@H]1C[C@@H](O)CN1C(=O)CCCCCCCCC(=O)NC(COCCC(=O)CCCCN)(COCCC(=O)NCCCN)COCCC(=O)NCCCN. The molecule has 2 aromatic heterocycles. The molecule has 14 N–H and O–H groups in total. The van der Waals surface area contributed by atoms with Crippen molar-refractivity contribution in [3.8, 4) is 0 Å². The fraction of sp³-hybridized carbons (Fsp3) is 0.796. The molecule has 32 heteroatoms. The van der Waals surface area contributed by atoms with E-state index < -0.39 is 65.0 Å². The van der Waals surface area contributed by atoms with Gasteiger partial charge in [-0.05, 0) is 64.6 Å². The topological polar surface area (TPSA) is 441 Å². The van der Waals surface area contributed by atoms with Crippen LogP contribution in [-0.2, 0) is 70.1 Å². The number of ether oxygens (including phenoxy) is 4. The Morgan fingerprint density at radius 3 is 1.91 bits per heavy atom. The smallest absolute Gasteiger partial charge is 0.391 e. The van der Waals surface area contributed by atoms with Gasteiger partial charge in [-0.1, -0.05) is 25.7 Å². The summed E-state index contributed by atoms with van der Waals surface area (Å²) in [5.41, 5.74) is 21.9. The van der Waals surface area contributed by atoms with Gasteiger partial charge >= 0.3 is 15.6 Å². The summed E-state index contributed by atoms with van der Waals surface area (Å²) in [5, 5.41) is 19.1. The van der Waals surface area contributed by atoms with Gasteiger partial charge in [0.25, 0.3) is 0 Å². The number of likely N-dealkylation sites (tertiary alicyclic amines) is 1. The van der Waals surface area contributed by atoms with Crippen LogP contribution in [0.5, 0.6) is 0 Å². The van der Waals surface area contributed by atoms with Gasteiger partial charge in [0.05, 0.1) is 71.3 Å². The van der Waals surface area contributed by atoms with Crippen molar-refractivity contribution in [2.75, 3.05) is 105 Å². The molecule has 7 atom stereocenters. The maximum atomic E-state index is 13.6. The Bertz CT molecular complexity index is 2250. The van der Waals surface area contributed by atoms with E-state index >= 15 is 0 Å².